The average Bonchev–Trinajstić information content (AvgIpc) is 2.87. The summed E-state index contributed by atoms with van der Waals surface area (Å²) in [6.45, 7) is 10.0. The van der Waals surface area contributed by atoms with Gasteiger partial charge >= 0.3 is 18.2 Å². The summed E-state index contributed by atoms with van der Waals surface area (Å²) >= 11 is 0. The summed E-state index contributed by atoms with van der Waals surface area (Å²) in [6.07, 6.45) is 1.01. The number of carboxylic acids is 2. The lowest BCUT2D eigenvalue weighted by Gasteiger charge is -2.21. The van der Waals surface area contributed by atoms with Gasteiger partial charge in [0.15, 0.2) is 11.5 Å². The van der Waals surface area contributed by atoms with E-state index in [0.717, 1.165) is 47.8 Å². The van der Waals surface area contributed by atoms with Gasteiger partial charge in [0.2, 0.25) is 0 Å². The van der Waals surface area contributed by atoms with E-state index in [4.69, 9.17) is 24.1 Å². The lowest BCUT2D eigenvalue weighted by atomic mass is 10.1. The van der Waals surface area contributed by atoms with Gasteiger partial charge in [0.1, 0.15) is 26.3 Å². The molecule has 1 aromatic carbocycles. The van der Waals surface area contributed by atoms with Crippen molar-refractivity contribution in [1.29, 1.82) is 0 Å². The first kappa shape index (κ1) is 35.3. The van der Waals surface area contributed by atoms with Crippen LogP contribution in [0.3, 0.4) is 0 Å². The van der Waals surface area contributed by atoms with E-state index in [0.29, 0.717) is 32.8 Å². The molecule has 2 amide bonds. The molecule has 0 bridgehead atoms. The molecule has 1 aromatic rings. The number of quaternary nitrogens is 1. The van der Waals surface area contributed by atoms with E-state index < -0.39 is 30.5 Å². The van der Waals surface area contributed by atoms with E-state index in [2.05, 4.69) is 17.6 Å². The Bertz CT molecular complexity index is 830. The van der Waals surface area contributed by atoms with Gasteiger partial charge in [-0.15, -0.1) is 0 Å². The first-order chi connectivity index (χ1) is 18.7. The molecule has 0 radical (unpaired) electrons. The topological polar surface area (TPSA) is 177 Å². The van der Waals surface area contributed by atoms with Gasteiger partial charge in [-0.1, -0.05) is 25.5 Å². The largest absolute Gasteiger partial charge is 0.550 e. The molecule has 0 aliphatic rings. The average molecular weight is 558 g/mol. The van der Waals surface area contributed by atoms with Crippen LogP contribution >= 0.6 is 0 Å². The van der Waals surface area contributed by atoms with Gasteiger partial charge < -0.3 is 49.5 Å². The summed E-state index contributed by atoms with van der Waals surface area (Å²) in [7, 11) is 1.64. The van der Waals surface area contributed by atoms with Gasteiger partial charge in [-0.2, -0.15) is 0 Å². The maximum absolute atomic E-state index is 11.6. The van der Waals surface area contributed by atoms with Crippen LogP contribution in [0.4, 0.5) is 9.59 Å². The highest BCUT2D eigenvalue weighted by Crippen LogP contribution is 2.31. The lowest BCUT2D eigenvalue weighted by Crippen LogP contribution is -3.13. The number of alkyl carbamates (subject to hydrolysis) is 2. The van der Waals surface area contributed by atoms with Crippen molar-refractivity contribution < 1.29 is 53.2 Å². The highest BCUT2D eigenvalue weighted by atomic mass is 16.6. The highest BCUT2D eigenvalue weighted by molar-refractivity contribution is 5.87. The molecule has 4 N–H and O–H groups in total. The number of para-hydroxylation sites is 1. The summed E-state index contributed by atoms with van der Waals surface area (Å²) in [5, 5.41) is 22.2. The van der Waals surface area contributed by atoms with E-state index >= 15 is 0 Å². The van der Waals surface area contributed by atoms with Crippen molar-refractivity contribution in [3.05, 3.63) is 23.8 Å². The number of amides is 2. The van der Waals surface area contributed by atoms with E-state index in [-0.39, 0.29) is 13.2 Å². The quantitative estimate of drug-likeness (QED) is 0.142. The Kier molecular flexibility index (Phi) is 20.1. The van der Waals surface area contributed by atoms with Gasteiger partial charge in [0, 0.05) is 25.1 Å². The minimum atomic E-state index is -1.56. The van der Waals surface area contributed by atoms with E-state index in [1.54, 1.807) is 7.11 Å². The van der Waals surface area contributed by atoms with Crippen LogP contribution < -0.4 is 30.1 Å². The molecule has 0 aromatic heterocycles. The summed E-state index contributed by atoms with van der Waals surface area (Å²) in [5.74, 6) is -1.44. The number of hydrogen-bond donors (Lipinski definition) is 4. The molecule has 0 unspecified atom stereocenters. The molecular weight excluding hydrogens is 514 g/mol. The molecule has 13 nitrogen and oxygen atoms in total. The third-order valence-electron chi connectivity index (χ3n) is 5.09. The molecule has 0 aliphatic carbocycles. The maximum atomic E-state index is 11.6. The Morgan fingerprint density at radius 1 is 0.923 bits per heavy atom. The van der Waals surface area contributed by atoms with Crippen molar-refractivity contribution >= 4 is 24.1 Å². The molecule has 0 fully saturated rings. The number of unbranched alkanes of at least 4 members (excludes halogenated alkanes) is 1. The number of aliphatic carboxylic acids is 2. The number of carbonyl (C=O) groups excluding carboxylic acids is 3. The summed E-state index contributed by atoms with van der Waals surface area (Å²) in [5.41, 5.74) is 1.06. The zero-order valence-electron chi connectivity index (χ0n) is 23.3. The van der Waals surface area contributed by atoms with Crippen LogP contribution in [0.5, 0.6) is 11.5 Å². The van der Waals surface area contributed by atoms with Crippen molar-refractivity contribution in [2.24, 2.45) is 0 Å². The fraction of sp³-hybridized carbons (Fsp3) is 0.615. The minimum absolute atomic E-state index is 0.278. The van der Waals surface area contributed by atoms with Gasteiger partial charge in [-0.05, 0) is 26.3 Å². The van der Waals surface area contributed by atoms with Crippen LogP contribution in [-0.2, 0) is 25.5 Å². The molecule has 222 valence electrons. The predicted molar refractivity (Wildman–Crippen MR) is 140 cm³/mol. The zero-order chi connectivity index (χ0) is 29.5. The third-order valence-corrected chi connectivity index (χ3v) is 5.09. The predicted octanol–water partition coefficient (Wildman–Crippen LogP) is 0.00470. The molecule has 0 heterocycles. The second-order valence-electron chi connectivity index (χ2n) is 8.18. The molecule has 0 spiro atoms. The number of hydrogen-bond acceptors (Lipinski definition) is 9. The van der Waals surface area contributed by atoms with Crippen LogP contribution in [0.2, 0.25) is 0 Å². The van der Waals surface area contributed by atoms with Gasteiger partial charge in [-0.3, -0.25) is 4.79 Å². The molecule has 39 heavy (non-hydrogen) atoms. The second kappa shape index (κ2) is 22.3. The number of benzene rings is 1. The van der Waals surface area contributed by atoms with Crippen molar-refractivity contribution in [2.75, 3.05) is 59.7 Å². The maximum Gasteiger partial charge on any atom is 0.407 e. The molecule has 0 aliphatic heterocycles. The van der Waals surface area contributed by atoms with E-state index in [1.165, 1.54) is 0 Å². The van der Waals surface area contributed by atoms with Crippen LogP contribution in [0.1, 0.15) is 45.6 Å². The summed E-state index contributed by atoms with van der Waals surface area (Å²) in [6, 6.07) is 5.89. The molecule has 0 atom stereocenters. The Morgan fingerprint density at radius 3 is 1.95 bits per heavy atom. The van der Waals surface area contributed by atoms with Crippen LogP contribution in [0, 0.1) is 0 Å². The number of methoxy groups -OCH3 is 1. The summed E-state index contributed by atoms with van der Waals surface area (Å²) < 4.78 is 22.0. The first-order valence-corrected chi connectivity index (χ1v) is 13.0. The number of ether oxygens (including phenoxy) is 4. The SMILES string of the molecule is CCCCOc1c(CC[NH+](CCOC(=O)NCC)CCOC(=O)NCC)cccc1OC.O=C([O-])CC(=O)O. The first-order valence-electron chi connectivity index (χ1n) is 13.0. The third kappa shape index (κ3) is 18.2. The van der Waals surface area contributed by atoms with Crippen LogP contribution in [0.15, 0.2) is 18.2 Å². The van der Waals surface area contributed by atoms with Crippen molar-refractivity contribution in [3.63, 3.8) is 0 Å². The smallest absolute Gasteiger partial charge is 0.407 e. The van der Waals surface area contributed by atoms with Gasteiger partial charge in [0.25, 0.3) is 0 Å². The zero-order valence-corrected chi connectivity index (χ0v) is 23.3. The minimum Gasteiger partial charge on any atom is -0.550 e. The van der Waals surface area contributed by atoms with Crippen molar-refractivity contribution in [3.8, 4) is 11.5 Å². The fourth-order valence-corrected chi connectivity index (χ4v) is 3.18. The standard InChI is InChI=1S/C23H39N3O6.C3H4O4/c1-5-8-16-30-21-19(10-9-11-20(21)29-4)12-13-26(14-17-31-22(27)24-6-2)15-18-32-23(28)25-7-3;4-2(5)1-3(6)7/h9-11H,5-8,12-18H2,1-4H3,(H,24,27)(H,25,28);1H2,(H,4,5)(H,6,7). The molecule has 0 saturated carbocycles. The Hall–Kier alpha value is -3.74. The highest BCUT2D eigenvalue weighted by Gasteiger charge is 2.16. The second-order valence-corrected chi connectivity index (χ2v) is 8.18. The Labute approximate surface area is 229 Å². The number of carbonyl (C=O) groups is 4. The molecule has 1 rings (SSSR count). The number of nitrogens with one attached hydrogen (secondary N) is 3. The monoisotopic (exact) mass is 557 g/mol. The Balaban J connectivity index is 0.00000181. The fourth-order valence-electron chi connectivity index (χ4n) is 3.18. The molecule has 13 heteroatoms. The lowest BCUT2D eigenvalue weighted by molar-refractivity contribution is -0.900. The number of rotatable bonds is 18. The van der Waals surface area contributed by atoms with Crippen molar-refractivity contribution in [2.45, 2.75) is 46.5 Å². The van der Waals surface area contributed by atoms with Crippen molar-refractivity contribution in [1.82, 2.24) is 10.6 Å². The van der Waals surface area contributed by atoms with Crippen LogP contribution in [0.25, 0.3) is 0 Å². The molecule has 0 saturated heterocycles. The normalized spacial score (nSPS) is 10.1. The van der Waals surface area contributed by atoms with Crippen LogP contribution in [-0.4, -0.2) is 88.9 Å². The summed E-state index contributed by atoms with van der Waals surface area (Å²) in [4.78, 5) is 43.0. The van der Waals surface area contributed by atoms with E-state index in [1.807, 2.05) is 32.0 Å². The Morgan fingerprint density at radius 2 is 1.51 bits per heavy atom. The number of carboxylic acid groups (broad SMARTS) is 2. The van der Waals surface area contributed by atoms with E-state index in [9.17, 15) is 24.3 Å². The van der Waals surface area contributed by atoms with Gasteiger partial charge in [-0.25, -0.2) is 9.59 Å². The van der Waals surface area contributed by atoms with Gasteiger partial charge in [0.05, 0.1) is 32.7 Å². The molecular formula is C26H43N3O10.